The van der Waals surface area contributed by atoms with E-state index in [1.54, 1.807) is 6.08 Å². The molecule has 0 saturated carbocycles. The first-order valence-corrected chi connectivity index (χ1v) is 5.32. The van der Waals surface area contributed by atoms with Gasteiger partial charge in [-0.1, -0.05) is 12.1 Å². The summed E-state index contributed by atoms with van der Waals surface area (Å²) in [6, 6.07) is 7.16. The van der Waals surface area contributed by atoms with Crippen LogP contribution in [-0.2, 0) is 4.79 Å². The molecule has 1 aromatic carbocycles. The molecule has 1 aromatic rings. The third-order valence-electron chi connectivity index (χ3n) is 1.88. The lowest BCUT2D eigenvalue weighted by Gasteiger charge is -1.96. The average Bonchev–Trinajstić information content (AvgIpc) is 2.45. The van der Waals surface area contributed by atoms with Crippen LogP contribution >= 0.6 is 22.6 Å². The van der Waals surface area contributed by atoms with E-state index in [-0.39, 0.29) is 11.6 Å². The minimum absolute atomic E-state index is 0.280. The molecular formula is C10H7IN2O2. The van der Waals surface area contributed by atoms with Crippen molar-refractivity contribution in [2.45, 2.75) is 0 Å². The van der Waals surface area contributed by atoms with Gasteiger partial charge in [-0.05, 0) is 46.4 Å². The summed E-state index contributed by atoms with van der Waals surface area (Å²) in [7, 11) is 0. The number of hydrogen-bond donors (Lipinski definition) is 2. The Morgan fingerprint density at radius 1 is 1.20 bits per heavy atom. The van der Waals surface area contributed by atoms with Crippen LogP contribution in [0.4, 0.5) is 4.79 Å². The second kappa shape index (κ2) is 4.01. The highest BCUT2D eigenvalue weighted by Crippen LogP contribution is 2.11. The molecule has 0 spiro atoms. The predicted molar refractivity (Wildman–Crippen MR) is 63.8 cm³/mol. The van der Waals surface area contributed by atoms with Crippen LogP contribution in [0.5, 0.6) is 0 Å². The third-order valence-corrected chi connectivity index (χ3v) is 2.55. The Balaban J connectivity index is 2.31. The van der Waals surface area contributed by atoms with E-state index >= 15 is 0 Å². The molecule has 1 heterocycles. The minimum Gasteiger partial charge on any atom is -0.303 e. The van der Waals surface area contributed by atoms with E-state index < -0.39 is 6.03 Å². The van der Waals surface area contributed by atoms with Gasteiger partial charge in [-0.3, -0.25) is 10.1 Å². The number of amides is 3. The maximum absolute atomic E-state index is 11.2. The Morgan fingerprint density at radius 2 is 2.00 bits per heavy atom. The van der Waals surface area contributed by atoms with Gasteiger partial charge in [0.1, 0.15) is 5.70 Å². The Hall–Kier alpha value is -1.37. The topological polar surface area (TPSA) is 58.2 Å². The number of urea groups is 1. The van der Waals surface area contributed by atoms with Crippen molar-refractivity contribution in [3.63, 3.8) is 0 Å². The molecule has 1 saturated heterocycles. The fourth-order valence-electron chi connectivity index (χ4n) is 1.25. The van der Waals surface area contributed by atoms with Crippen molar-refractivity contribution >= 4 is 40.6 Å². The second-order valence-corrected chi connectivity index (χ2v) is 4.27. The van der Waals surface area contributed by atoms with Gasteiger partial charge in [-0.15, -0.1) is 0 Å². The van der Waals surface area contributed by atoms with Gasteiger partial charge in [0.05, 0.1) is 0 Å². The van der Waals surface area contributed by atoms with E-state index in [9.17, 15) is 9.59 Å². The van der Waals surface area contributed by atoms with Crippen LogP contribution < -0.4 is 10.6 Å². The van der Waals surface area contributed by atoms with Gasteiger partial charge in [-0.25, -0.2) is 4.79 Å². The molecule has 1 aliphatic rings. The monoisotopic (exact) mass is 314 g/mol. The second-order valence-electron chi connectivity index (χ2n) is 3.02. The summed E-state index contributed by atoms with van der Waals surface area (Å²) in [6.07, 6.45) is 1.64. The Labute approximate surface area is 99.9 Å². The number of nitrogens with one attached hydrogen (secondary N) is 2. The summed E-state index contributed by atoms with van der Waals surface area (Å²) in [6.45, 7) is 0. The predicted octanol–water partition coefficient (Wildman–Crippen LogP) is 1.47. The summed E-state index contributed by atoms with van der Waals surface area (Å²) < 4.78 is 1.08. The molecule has 0 bridgehead atoms. The molecule has 1 aliphatic heterocycles. The van der Waals surface area contributed by atoms with Gasteiger partial charge in [0, 0.05) is 3.57 Å². The molecule has 0 aliphatic carbocycles. The molecule has 0 aromatic heterocycles. The van der Waals surface area contributed by atoms with E-state index in [1.807, 2.05) is 24.3 Å². The first-order valence-electron chi connectivity index (χ1n) is 4.25. The number of benzene rings is 1. The summed E-state index contributed by atoms with van der Waals surface area (Å²) in [5, 5.41) is 4.57. The quantitative estimate of drug-likeness (QED) is 0.468. The van der Waals surface area contributed by atoms with Gasteiger partial charge in [0.25, 0.3) is 5.91 Å². The Kier molecular flexibility index (Phi) is 2.72. The first-order chi connectivity index (χ1) is 7.15. The van der Waals surface area contributed by atoms with Crippen LogP contribution in [-0.4, -0.2) is 11.9 Å². The van der Waals surface area contributed by atoms with Gasteiger partial charge >= 0.3 is 6.03 Å². The largest absolute Gasteiger partial charge is 0.326 e. The van der Waals surface area contributed by atoms with Crippen molar-refractivity contribution in [3.05, 3.63) is 39.1 Å². The molecule has 0 radical (unpaired) electrons. The summed E-state index contributed by atoms with van der Waals surface area (Å²) in [5.41, 5.74) is 1.16. The van der Waals surface area contributed by atoms with Crippen LogP contribution in [0, 0.1) is 3.57 Å². The number of rotatable bonds is 1. The number of halogens is 1. The number of carbonyl (C=O) groups is 2. The zero-order valence-corrected chi connectivity index (χ0v) is 9.74. The lowest BCUT2D eigenvalue weighted by atomic mass is 10.2. The average molecular weight is 314 g/mol. The molecule has 15 heavy (non-hydrogen) atoms. The highest BCUT2D eigenvalue weighted by molar-refractivity contribution is 14.1. The van der Waals surface area contributed by atoms with Crippen molar-refractivity contribution < 1.29 is 9.59 Å². The number of carbonyl (C=O) groups excluding carboxylic acids is 2. The van der Waals surface area contributed by atoms with Crippen molar-refractivity contribution in [3.8, 4) is 0 Å². The van der Waals surface area contributed by atoms with E-state index in [0.717, 1.165) is 9.13 Å². The fraction of sp³-hybridized carbons (Fsp3) is 0. The van der Waals surface area contributed by atoms with Crippen molar-refractivity contribution in [2.24, 2.45) is 0 Å². The van der Waals surface area contributed by atoms with Gasteiger partial charge in [0.2, 0.25) is 0 Å². The molecule has 3 amide bonds. The molecule has 76 valence electrons. The minimum atomic E-state index is -0.475. The van der Waals surface area contributed by atoms with E-state index in [1.165, 1.54) is 0 Å². The Bertz CT molecular complexity index is 468. The molecule has 2 N–H and O–H groups in total. The van der Waals surface area contributed by atoms with Crippen LogP contribution in [0.3, 0.4) is 0 Å². The highest BCUT2D eigenvalue weighted by Gasteiger charge is 2.22. The molecule has 1 fully saturated rings. The molecule has 0 unspecified atom stereocenters. The molecule has 4 nitrogen and oxygen atoms in total. The van der Waals surface area contributed by atoms with Crippen LogP contribution in [0.1, 0.15) is 5.56 Å². The SMILES string of the molecule is O=C1NC(=O)/C(=C\c2cccc(I)c2)N1. The van der Waals surface area contributed by atoms with E-state index in [4.69, 9.17) is 0 Å². The lowest BCUT2D eigenvalue weighted by Crippen LogP contribution is -2.22. The van der Waals surface area contributed by atoms with Crippen molar-refractivity contribution in [1.82, 2.24) is 10.6 Å². The summed E-state index contributed by atoms with van der Waals surface area (Å²) in [5.74, 6) is -0.390. The third kappa shape index (κ3) is 2.35. The van der Waals surface area contributed by atoms with Crippen LogP contribution in [0.15, 0.2) is 30.0 Å². The van der Waals surface area contributed by atoms with E-state index in [2.05, 4.69) is 33.2 Å². The van der Waals surface area contributed by atoms with Gasteiger partial charge in [0.15, 0.2) is 0 Å². The fourth-order valence-corrected chi connectivity index (χ4v) is 1.81. The van der Waals surface area contributed by atoms with Crippen molar-refractivity contribution in [2.75, 3.05) is 0 Å². The zero-order chi connectivity index (χ0) is 10.8. The Morgan fingerprint density at radius 3 is 2.60 bits per heavy atom. The van der Waals surface area contributed by atoms with Gasteiger partial charge < -0.3 is 5.32 Å². The normalized spacial score (nSPS) is 17.8. The lowest BCUT2D eigenvalue weighted by molar-refractivity contribution is -0.115. The molecule has 0 atom stereocenters. The maximum Gasteiger partial charge on any atom is 0.326 e. The van der Waals surface area contributed by atoms with Crippen molar-refractivity contribution in [1.29, 1.82) is 0 Å². The highest BCUT2D eigenvalue weighted by atomic mass is 127. The summed E-state index contributed by atoms with van der Waals surface area (Å²) in [4.78, 5) is 22.0. The maximum atomic E-state index is 11.2. The smallest absolute Gasteiger partial charge is 0.303 e. The molecular weight excluding hydrogens is 307 g/mol. The van der Waals surface area contributed by atoms with Gasteiger partial charge in [-0.2, -0.15) is 0 Å². The first kappa shape index (κ1) is 10.2. The van der Waals surface area contributed by atoms with E-state index in [0.29, 0.717) is 0 Å². The van der Waals surface area contributed by atoms with Crippen LogP contribution in [0.25, 0.3) is 6.08 Å². The standard InChI is InChI=1S/C10H7IN2O2/c11-7-3-1-2-6(4-7)5-8-9(14)13-10(15)12-8/h1-5H,(H2,12,13,14,15)/b8-5+. The zero-order valence-electron chi connectivity index (χ0n) is 7.58. The molecule has 2 rings (SSSR count). The molecule has 5 heteroatoms. The summed E-state index contributed by atoms with van der Waals surface area (Å²) >= 11 is 2.18. The number of hydrogen-bond acceptors (Lipinski definition) is 2. The number of imide groups is 1. The van der Waals surface area contributed by atoms with Crippen LogP contribution in [0.2, 0.25) is 0 Å².